The average Bonchev–Trinajstić information content (AvgIpc) is 3.25. The lowest BCUT2D eigenvalue weighted by atomic mass is 10.2. The Labute approximate surface area is 123 Å². The number of nitrogens with zero attached hydrogens (tertiary/aromatic N) is 4. The largest absolute Gasteiger partial charge is 0.335 e. The first-order chi connectivity index (χ1) is 10.3. The smallest absolute Gasteiger partial charge is 0.274 e. The average molecular weight is 285 g/mol. The van der Waals surface area contributed by atoms with Gasteiger partial charge in [0.15, 0.2) is 0 Å². The standard InChI is InChI=1S/C15H19N5O/c16-5-8-19-10-14(18-11-19)15(21)20(13-1-2-13)9-12-3-6-17-7-4-12/h3-4,6-7,10-11,13H,1-2,5,8-9,16H2. The summed E-state index contributed by atoms with van der Waals surface area (Å²) >= 11 is 0. The van der Waals surface area contributed by atoms with Gasteiger partial charge in [-0.1, -0.05) is 0 Å². The molecular weight excluding hydrogens is 266 g/mol. The third kappa shape index (κ3) is 3.28. The molecule has 0 aromatic carbocycles. The van der Waals surface area contributed by atoms with Crippen LogP contribution in [0.5, 0.6) is 0 Å². The third-order valence-corrected chi connectivity index (χ3v) is 3.59. The fourth-order valence-electron chi connectivity index (χ4n) is 2.33. The van der Waals surface area contributed by atoms with Gasteiger partial charge < -0.3 is 15.2 Å². The summed E-state index contributed by atoms with van der Waals surface area (Å²) in [6, 6.07) is 4.22. The summed E-state index contributed by atoms with van der Waals surface area (Å²) in [5, 5.41) is 0. The molecule has 1 amide bonds. The molecule has 21 heavy (non-hydrogen) atoms. The van der Waals surface area contributed by atoms with Crippen molar-refractivity contribution in [2.45, 2.75) is 32.0 Å². The highest BCUT2D eigenvalue weighted by atomic mass is 16.2. The Kier molecular flexibility index (Phi) is 3.96. The summed E-state index contributed by atoms with van der Waals surface area (Å²) in [4.78, 5) is 22.8. The molecule has 6 nitrogen and oxygen atoms in total. The Morgan fingerprint density at radius 2 is 2.14 bits per heavy atom. The summed E-state index contributed by atoms with van der Waals surface area (Å²) in [6.45, 7) is 1.82. The second-order valence-electron chi connectivity index (χ2n) is 5.31. The quantitative estimate of drug-likeness (QED) is 0.860. The highest BCUT2D eigenvalue weighted by Crippen LogP contribution is 2.29. The van der Waals surface area contributed by atoms with Crippen LogP contribution >= 0.6 is 0 Å². The van der Waals surface area contributed by atoms with Crippen molar-refractivity contribution in [3.8, 4) is 0 Å². The van der Waals surface area contributed by atoms with E-state index in [1.807, 2.05) is 21.6 Å². The van der Waals surface area contributed by atoms with E-state index in [2.05, 4.69) is 9.97 Å². The maximum absolute atomic E-state index is 12.7. The summed E-state index contributed by atoms with van der Waals surface area (Å²) < 4.78 is 1.85. The van der Waals surface area contributed by atoms with E-state index in [9.17, 15) is 4.79 Å². The van der Waals surface area contributed by atoms with Gasteiger partial charge in [-0.3, -0.25) is 9.78 Å². The minimum Gasteiger partial charge on any atom is -0.335 e. The second kappa shape index (κ2) is 6.05. The molecule has 2 heterocycles. The van der Waals surface area contributed by atoms with Crippen LogP contribution in [0.25, 0.3) is 0 Å². The molecule has 0 aliphatic heterocycles. The van der Waals surface area contributed by atoms with Crippen LogP contribution in [0, 0.1) is 0 Å². The normalized spacial score (nSPS) is 14.1. The van der Waals surface area contributed by atoms with E-state index >= 15 is 0 Å². The van der Waals surface area contributed by atoms with Crippen LogP contribution < -0.4 is 5.73 Å². The SMILES string of the molecule is NCCn1cnc(C(=O)N(Cc2ccncc2)C2CC2)c1. The number of aromatic nitrogens is 3. The predicted molar refractivity (Wildman–Crippen MR) is 78.4 cm³/mol. The molecule has 1 fully saturated rings. The number of carbonyl (C=O) groups is 1. The van der Waals surface area contributed by atoms with E-state index in [-0.39, 0.29) is 5.91 Å². The second-order valence-corrected chi connectivity index (χ2v) is 5.31. The summed E-state index contributed by atoms with van der Waals surface area (Å²) in [6.07, 6.45) is 9.08. The fourth-order valence-corrected chi connectivity index (χ4v) is 2.33. The number of nitrogens with two attached hydrogens (primary N) is 1. The Bertz CT molecular complexity index is 606. The van der Waals surface area contributed by atoms with Crippen LogP contribution in [0.2, 0.25) is 0 Å². The lowest BCUT2D eigenvalue weighted by Gasteiger charge is -2.21. The van der Waals surface area contributed by atoms with Crippen LogP contribution in [0.3, 0.4) is 0 Å². The zero-order chi connectivity index (χ0) is 14.7. The zero-order valence-corrected chi connectivity index (χ0v) is 11.9. The van der Waals surface area contributed by atoms with Gasteiger partial charge in [-0.15, -0.1) is 0 Å². The molecule has 0 bridgehead atoms. The lowest BCUT2D eigenvalue weighted by molar-refractivity contribution is 0.0724. The van der Waals surface area contributed by atoms with Crippen LogP contribution in [0.1, 0.15) is 28.9 Å². The molecule has 1 aliphatic carbocycles. The Morgan fingerprint density at radius 3 is 2.81 bits per heavy atom. The van der Waals surface area contributed by atoms with Crippen molar-refractivity contribution in [1.29, 1.82) is 0 Å². The fraction of sp³-hybridized carbons (Fsp3) is 0.400. The molecule has 0 radical (unpaired) electrons. The zero-order valence-electron chi connectivity index (χ0n) is 11.9. The first-order valence-electron chi connectivity index (χ1n) is 7.19. The van der Waals surface area contributed by atoms with Gasteiger partial charge in [0.05, 0.1) is 6.33 Å². The van der Waals surface area contributed by atoms with E-state index in [1.165, 1.54) is 0 Å². The number of hydrogen-bond acceptors (Lipinski definition) is 4. The molecule has 6 heteroatoms. The first-order valence-corrected chi connectivity index (χ1v) is 7.19. The summed E-state index contributed by atoms with van der Waals surface area (Å²) in [5.41, 5.74) is 7.10. The van der Waals surface area contributed by atoms with Crippen molar-refractivity contribution < 1.29 is 4.79 Å². The molecule has 0 saturated heterocycles. The highest BCUT2D eigenvalue weighted by Gasteiger charge is 2.33. The number of pyridine rings is 1. The molecule has 2 aromatic rings. The van der Waals surface area contributed by atoms with E-state index in [0.29, 0.717) is 31.4 Å². The van der Waals surface area contributed by atoms with Crippen molar-refractivity contribution >= 4 is 5.91 Å². The maximum atomic E-state index is 12.7. The summed E-state index contributed by atoms with van der Waals surface area (Å²) in [7, 11) is 0. The summed E-state index contributed by atoms with van der Waals surface area (Å²) in [5.74, 6) is -0.00918. The van der Waals surface area contributed by atoms with E-state index in [4.69, 9.17) is 5.73 Å². The number of imidazole rings is 1. The molecule has 1 aliphatic rings. The number of carbonyl (C=O) groups excluding carboxylic acids is 1. The molecule has 1 saturated carbocycles. The molecule has 0 spiro atoms. The van der Waals surface area contributed by atoms with Crippen LogP contribution in [0.15, 0.2) is 37.1 Å². The van der Waals surface area contributed by atoms with Gasteiger partial charge in [0.25, 0.3) is 5.91 Å². The van der Waals surface area contributed by atoms with Gasteiger partial charge in [-0.25, -0.2) is 4.98 Å². The van der Waals surface area contributed by atoms with E-state index < -0.39 is 0 Å². The van der Waals surface area contributed by atoms with Gasteiger partial charge in [0.1, 0.15) is 5.69 Å². The van der Waals surface area contributed by atoms with Crippen molar-refractivity contribution in [2.75, 3.05) is 6.54 Å². The number of hydrogen-bond donors (Lipinski definition) is 1. The van der Waals surface area contributed by atoms with Crippen molar-refractivity contribution in [3.63, 3.8) is 0 Å². The van der Waals surface area contributed by atoms with Crippen LogP contribution in [0.4, 0.5) is 0 Å². The first kappa shape index (κ1) is 13.8. The topological polar surface area (TPSA) is 77.0 Å². The van der Waals surface area contributed by atoms with Gasteiger partial charge in [0.2, 0.25) is 0 Å². The van der Waals surface area contributed by atoms with Gasteiger partial charge in [-0.05, 0) is 30.5 Å². The molecule has 0 unspecified atom stereocenters. The Morgan fingerprint density at radius 1 is 1.38 bits per heavy atom. The van der Waals surface area contributed by atoms with Gasteiger partial charge in [0, 0.05) is 44.3 Å². The molecule has 110 valence electrons. The number of rotatable bonds is 6. The maximum Gasteiger partial charge on any atom is 0.274 e. The molecule has 2 N–H and O–H groups in total. The third-order valence-electron chi connectivity index (χ3n) is 3.59. The molecule has 2 aromatic heterocycles. The van der Waals surface area contributed by atoms with Gasteiger partial charge in [-0.2, -0.15) is 0 Å². The molecule has 3 rings (SSSR count). The van der Waals surface area contributed by atoms with Crippen LogP contribution in [-0.4, -0.2) is 37.9 Å². The van der Waals surface area contributed by atoms with E-state index in [1.54, 1.807) is 24.9 Å². The number of amides is 1. The lowest BCUT2D eigenvalue weighted by Crippen LogP contribution is -2.32. The Balaban J connectivity index is 1.75. The minimum absolute atomic E-state index is 0.00918. The van der Waals surface area contributed by atoms with E-state index in [0.717, 1.165) is 18.4 Å². The van der Waals surface area contributed by atoms with Crippen molar-refractivity contribution in [2.24, 2.45) is 5.73 Å². The Hall–Kier alpha value is -2.21. The predicted octanol–water partition coefficient (Wildman–Crippen LogP) is 1.04. The van der Waals surface area contributed by atoms with Crippen LogP contribution in [-0.2, 0) is 13.1 Å². The monoisotopic (exact) mass is 285 g/mol. The highest BCUT2D eigenvalue weighted by molar-refractivity contribution is 5.92. The van der Waals surface area contributed by atoms with Crippen molar-refractivity contribution in [3.05, 3.63) is 48.3 Å². The molecule has 0 atom stereocenters. The molecular formula is C15H19N5O. The van der Waals surface area contributed by atoms with Gasteiger partial charge >= 0.3 is 0 Å². The minimum atomic E-state index is -0.00918. The van der Waals surface area contributed by atoms with Crippen molar-refractivity contribution in [1.82, 2.24) is 19.4 Å².